The third-order valence-corrected chi connectivity index (χ3v) is 4.99. The topological polar surface area (TPSA) is 42.0 Å². The van der Waals surface area contributed by atoms with Gasteiger partial charge in [0.25, 0.3) is 0 Å². The molecule has 1 heterocycles. The summed E-state index contributed by atoms with van der Waals surface area (Å²) in [6.45, 7) is 4.12. The quantitative estimate of drug-likeness (QED) is 0.746. The van der Waals surface area contributed by atoms with Crippen LogP contribution in [0.15, 0.2) is 12.1 Å². The van der Waals surface area contributed by atoms with E-state index in [0.29, 0.717) is 10.2 Å². The van der Waals surface area contributed by atoms with Crippen LogP contribution in [0.25, 0.3) is 10.2 Å². The number of alkyl halides is 1. The van der Waals surface area contributed by atoms with E-state index in [1.54, 1.807) is 0 Å². The number of carbonyl (C=O) groups is 1. The van der Waals surface area contributed by atoms with Crippen molar-refractivity contribution in [2.24, 2.45) is 0 Å². The first-order valence-electron chi connectivity index (χ1n) is 6.59. The Labute approximate surface area is 135 Å². The number of nitrogens with zero attached hydrogens (tertiary/aromatic N) is 1. The second kappa shape index (κ2) is 6.87. The smallest absolute Gasteiger partial charge is 0.239 e. The van der Waals surface area contributed by atoms with E-state index in [2.05, 4.69) is 40.1 Å². The zero-order valence-corrected chi connectivity index (χ0v) is 14.5. The van der Waals surface area contributed by atoms with Crippen LogP contribution in [0.5, 0.6) is 0 Å². The molecule has 6 heteroatoms. The lowest BCUT2D eigenvalue weighted by Crippen LogP contribution is -2.22. The molecule has 0 radical (unpaired) electrons. The number of aryl methyl sites for hydroxylation is 1. The SMILES string of the molecule is CCC[C@H](Br)C(=O)Nc1nc2c(CC)cc(Cl)cc2s1. The van der Waals surface area contributed by atoms with Gasteiger partial charge in [-0.15, -0.1) is 0 Å². The van der Waals surface area contributed by atoms with Gasteiger partial charge in [0.05, 0.1) is 15.0 Å². The molecule has 1 N–H and O–H groups in total. The van der Waals surface area contributed by atoms with Crippen LogP contribution in [0, 0.1) is 0 Å². The molecule has 1 aromatic carbocycles. The first-order chi connectivity index (χ1) is 9.55. The highest BCUT2D eigenvalue weighted by Gasteiger charge is 2.16. The lowest BCUT2D eigenvalue weighted by molar-refractivity contribution is -0.115. The van der Waals surface area contributed by atoms with Gasteiger partial charge in [-0.25, -0.2) is 4.98 Å². The fourth-order valence-corrected chi connectivity index (χ4v) is 3.79. The van der Waals surface area contributed by atoms with E-state index in [1.807, 2.05) is 12.1 Å². The molecule has 0 aliphatic rings. The van der Waals surface area contributed by atoms with Gasteiger partial charge < -0.3 is 5.32 Å². The molecule has 1 amide bonds. The molecule has 0 aliphatic heterocycles. The zero-order valence-electron chi connectivity index (χ0n) is 11.4. The summed E-state index contributed by atoms with van der Waals surface area (Å²) >= 11 is 10.9. The summed E-state index contributed by atoms with van der Waals surface area (Å²) in [5, 5.41) is 4.20. The van der Waals surface area contributed by atoms with Gasteiger partial charge in [0.2, 0.25) is 5.91 Å². The number of rotatable bonds is 5. The molecule has 3 nitrogen and oxygen atoms in total. The highest BCUT2D eigenvalue weighted by atomic mass is 79.9. The van der Waals surface area contributed by atoms with Gasteiger partial charge in [-0.05, 0) is 30.5 Å². The predicted octanol–water partition coefficient (Wildman–Crippen LogP) is 5.01. The van der Waals surface area contributed by atoms with Gasteiger partial charge in [-0.1, -0.05) is 59.1 Å². The number of hydrogen-bond donors (Lipinski definition) is 1. The van der Waals surface area contributed by atoms with Crippen LogP contribution in [-0.4, -0.2) is 15.7 Å². The maximum absolute atomic E-state index is 12.0. The summed E-state index contributed by atoms with van der Waals surface area (Å²) in [6, 6.07) is 3.82. The van der Waals surface area contributed by atoms with E-state index >= 15 is 0 Å². The highest BCUT2D eigenvalue weighted by Crippen LogP contribution is 2.31. The molecule has 1 aromatic heterocycles. The van der Waals surface area contributed by atoms with Crippen molar-refractivity contribution in [1.82, 2.24) is 4.98 Å². The fraction of sp³-hybridized carbons (Fsp3) is 0.429. The van der Waals surface area contributed by atoms with Crippen molar-refractivity contribution >= 4 is 60.1 Å². The maximum atomic E-state index is 12.0. The number of amides is 1. The number of fused-ring (bicyclic) bond motifs is 1. The van der Waals surface area contributed by atoms with E-state index in [0.717, 1.165) is 35.0 Å². The molecular formula is C14H16BrClN2OS. The number of aromatic nitrogens is 1. The Kier molecular flexibility index (Phi) is 5.41. The summed E-state index contributed by atoms with van der Waals surface area (Å²) in [5.74, 6) is -0.0462. The average molecular weight is 376 g/mol. The van der Waals surface area contributed by atoms with E-state index < -0.39 is 0 Å². The Bertz CT molecular complexity index is 629. The molecule has 0 unspecified atom stereocenters. The van der Waals surface area contributed by atoms with E-state index in [9.17, 15) is 4.79 Å². The molecule has 0 spiro atoms. The minimum Gasteiger partial charge on any atom is -0.301 e. The number of anilines is 1. The number of halogens is 2. The molecule has 20 heavy (non-hydrogen) atoms. The third kappa shape index (κ3) is 3.51. The van der Waals surface area contributed by atoms with Crippen molar-refractivity contribution in [2.75, 3.05) is 5.32 Å². The maximum Gasteiger partial charge on any atom is 0.239 e. The zero-order chi connectivity index (χ0) is 14.7. The van der Waals surface area contributed by atoms with Gasteiger partial charge in [0.1, 0.15) is 0 Å². The second-order valence-electron chi connectivity index (χ2n) is 4.53. The summed E-state index contributed by atoms with van der Waals surface area (Å²) < 4.78 is 1.01. The van der Waals surface area contributed by atoms with Gasteiger partial charge in [-0.3, -0.25) is 4.79 Å². The van der Waals surface area contributed by atoms with Crippen LogP contribution in [0.2, 0.25) is 5.02 Å². The van der Waals surface area contributed by atoms with Crippen LogP contribution in [0.1, 0.15) is 32.3 Å². The molecular weight excluding hydrogens is 360 g/mol. The Morgan fingerprint density at radius 3 is 2.90 bits per heavy atom. The van der Waals surface area contributed by atoms with Crippen molar-refractivity contribution in [3.8, 4) is 0 Å². The Morgan fingerprint density at radius 1 is 1.50 bits per heavy atom. The first kappa shape index (κ1) is 15.7. The molecule has 1 atom stereocenters. The van der Waals surface area contributed by atoms with Crippen LogP contribution in [0.4, 0.5) is 5.13 Å². The summed E-state index contributed by atoms with van der Waals surface area (Å²) in [4.78, 5) is 16.3. The molecule has 2 aromatic rings. The Balaban J connectivity index is 2.26. The van der Waals surface area contributed by atoms with Crippen molar-refractivity contribution in [2.45, 2.75) is 37.9 Å². The lowest BCUT2D eigenvalue weighted by Gasteiger charge is -2.06. The average Bonchev–Trinajstić information content (AvgIpc) is 2.79. The summed E-state index contributed by atoms with van der Waals surface area (Å²) in [5.41, 5.74) is 2.03. The molecule has 2 rings (SSSR count). The minimum absolute atomic E-state index is 0.0462. The molecule has 0 fully saturated rings. The van der Waals surface area contributed by atoms with Gasteiger partial charge in [0, 0.05) is 5.02 Å². The molecule has 108 valence electrons. The van der Waals surface area contributed by atoms with Crippen molar-refractivity contribution < 1.29 is 4.79 Å². The molecule has 0 bridgehead atoms. The van der Waals surface area contributed by atoms with Crippen LogP contribution in [-0.2, 0) is 11.2 Å². The van der Waals surface area contributed by atoms with Gasteiger partial charge in [-0.2, -0.15) is 0 Å². The molecule has 0 saturated carbocycles. The Morgan fingerprint density at radius 2 is 2.25 bits per heavy atom. The van der Waals surface area contributed by atoms with Gasteiger partial charge in [0.15, 0.2) is 5.13 Å². The third-order valence-electron chi connectivity index (χ3n) is 2.98. The second-order valence-corrected chi connectivity index (χ2v) is 7.10. The van der Waals surface area contributed by atoms with Crippen molar-refractivity contribution in [3.05, 3.63) is 22.7 Å². The van der Waals surface area contributed by atoms with E-state index in [4.69, 9.17) is 11.6 Å². The number of hydrogen-bond acceptors (Lipinski definition) is 3. The molecule has 0 aliphatic carbocycles. The van der Waals surface area contributed by atoms with Crippen molar-refractivity contribution in [1.29, 1.82) is 0 Å². The minimum atomic E-state index is -0.172. The largest absolute Gasteiger partial charge is 0.301 e. The van der Waals surface area contributed by atoms with Gasteiger partial charge >= 0.3 is 0 Å². The molecule has 0 saturated heterocycles. The summed E-state index contributed by atoms with van der Waals surface area (Å²) in [7, 11) is 0. The van der Waals surface area contributed by atoms with Crippen LogP contribution in [0.3, 0.4) is 0 Å². The highest BCUT2D eigenvalue weighted by molar-refractivity contribution is 9.10. The number of nitrogens with one attached hydrogen (secondary N) is 1. The van der Waals surface area contributed by atoms with E-state index in [1.165, 1.54) is 11.3 Å². The van der Waals surface area contributed by atoms with Crippen molar-refractivity contribution in [3.63, 3.8) is 0 Å². The van der Waals surface area contributed by atoms with Crippen LogP contribution < -0.4 is 5.32 Å². The predicted molar refractivity (Wildman–Crippen MR) is 90.3 cm³/mol. The number of benzene rings is 1. The number of carbonyl (C=O) groups excluding carboxylic acids is 1. The summed E-state index contributed by atoms with van der Waals surface area (Å²) in [6.07, 6.45) is 2.63. The standard InChI is InChI=1S/C14H16BrClN2OS/c1-3-5-10(15)13(19)18-14-17-12-8(4-2)6-9(16)7-11(12)20-14/h6-7,10H,3-5H2,1-2H3,(H,17,18,19)/t10-/m0/s1. The van der Waals surface area contributed by atoms with Crippen LogP contribution >= 0.6 is 38.9 Å². The first-order valence-corrected chi connectivity index (χ1v) is 8.70. The fourth-order valence-electron chi connectivity index (χ4n) is 1.95. The lowest BCUT2D eigenvalue weighted by atomic mass is 10.1. The van der Waals surface area contributed by atoms with E-state index in [-0.39, 0.29) is 10.7 Å². The normalized spacial score (nSPS) is 12.6. The monoisotopic (exact) mass is 374 g/mol. The Hall–Kier alpha value is -0.650. The number of thiazole rings is 1.